The molecule has 86 valence electrons. The van der Waals surface area contributed by atoms with Gasteiger partial charge in [-0.1, -0.05) is 17.7 Å². The summed E-state index contributed by atoms with van der Waals surface area (Å²) in [5.41, 5.74) is 2.72. The third kappa shape index (κ3) is 2.51. The third-order valence-electron chi connectivity index (χ3n) is 2.40. The van der Waals surface area contributed by atoms with Crippen LogP contribution in [0.3, 0.4) is 0 Å². The Morgan fingerprint density at radius 1 is 1.53 bits per heavy atom. The highest BCUT2D eigenvalue weighted by molar-refractivity contribution is 9.10. The minimum absolute atomic E-state index is 0.285. The van der Waals surface area contributed by atoms with Gasteiger partial charge < -0.3 is 0 Å². The number of nitrogens with zero attached hydrogens (tertiary/aromatic N) is 3. The van der Waals surface area contributed by atoms with Crippen LogP contribution in [0.5, 0.6) is 0 Å². The molecule has 0 amide bonds. The summed E-state index contributed by atoms with van der Waals surface area (Å²) in [6, 6.07) is 7.72. The summed E-state index contributed by atoms with van der Waals surface area (Å²) in [7, 11) is 0. The molecule has 2 aromatic rings. The molecule has 5 heteroatoms. The van der Waals surface area contributed by atoms with E-state index in [1.165, 1.54) is 0 Å². The van der Waals surface area contributed by atoms with Gasteiger partial charge in [0.05, 0.1) is 28.3 Å². The Hall–Kier alpha value is -1.31. The highest BCUT2D eigenvalue weighted by atomic mass is 79.9. The van der Waals surface area contributed by atoms with Gasteiger partial charge >= 0.3 is 0 Å². The summed E-state index contributed by atoms with van der Waals surface area (Å²) in [5, 5.41) is 13.7. The van der Waals surface area contributed by atoms with Crippen LogP contribution in [0, 0.1) is 18.3 Å². The maximum absolute atomic E-state index is 8.68. The zero-order chi connectivity index (χ0) is 12.4. The zero-order valence-corrected chi connectivity index (χ0v) is 11.5. The SMILES string of the molecule is Cc1ccc(Cl)cc1-n1cc(Br)c(CC#N)n1. The maximum Gasteiger partial charge on any atom is 0.0911 e. The van der Waals surface area contributed by atoms with Crippen LogP contribution in [0.2, 0.25) is 5.02 Å². The van der Waals surface area contributed by atoms with Crippen molar-refractivity contribution >= 4 is 27.5 Å². The summed E-state index contributed by atoms with van der Waals surface area (Å²) < 4.78 is 2.57. The lowest BCUT2D eigenvalue weighted by atomic mass is 10.2. The molecule has 0 aliphatic carbocycles. The molecule has 0 saturated heterocycles. The quantitative estimate of drug-likeness (QED) is 0.849. The van der Waals surface area contributed by atoms with Gasteiger partial charge in [-0.05, 0) is 40.5 Å². The van der Waals surface area contributed by atoms with Crippen molar-refractivity contribution in [3.63, 3.8) is 0 Å². The van der Waals surface area contributed by atoms with Gasteiger partial charge in [-0.25, -0.2) is 4.68 Å². The summed E-state index contributed by atoms with van der Waals surface area (Å²) in [6.07, 6.45) is 2.12. The van der Waals surface area contributed by atoms with Gasteiger partial charge in [0.25, 0.3) is 0 Å². The maximum atomic E-state index is 8.68. The van der Waals surface area contributed by atoms with Crippen molar-refractivity contribution in [2.45, 2.75) is 13.3 Å². The number of halogens is 2. The highest BCUT2D eigenvalue weighted by Gasteiger charge is 2.09. The minimum atomic E-state index is 0.285. The lowest BCUT2D eigenvalue weighted by Gasteiger charge is -2.05. The Labute approximate surface area is 113 Å². The number of aromatic nitrogens is 2. The van der Waals surface area contributed by atoms with Gasteiger partial charge in [-0.15, -0.1) is 0 Å². The van der Waals surface area contributed by atoms with Crippen LogP contribution in [0.25, 0.3) is 5.69 Å². The lowest BCUT2D eigenvalue weighted by Crippen LogP contribution is -1.98. The molecule has 0 saturated carbocycles. The molecule has 1 aromatic heterocycles. The Bertz CT molecular complexity index is 598. The van der Waals surface area contributed by atoms with E-state index in [1.54, 1.807) is 4.68 Å². The average molecular weight is 311 g/mol. The van der Waals surface area contributed by atoms with E-state index < -0.39 is 0 Å². The number of hydrogen-bond acceptors (Lipinski definition) is 2. The Morgan fingerprint density at radius 2 is 2.29 bits per heavy atom. The van der Waals surface area contributed by atoms with Crippen LogP contribution < -0.4 is 0 Å². The second kappa shape index (κ2) is 4.91. The highest BCUT2D eigenvalue weighted by Crippen LogP contribution is 2.22. The molecule has 0 fully saturated rings. The van der Waals surface area contributed by atoms with Crippen molar-refractivity contribution in [3.05, 3.63) is 45.1 Å². The number of hydrogen-bond donors (Lipinski definition) is 0. The van der Waals surface area contributed by atoms with E-state index in [4.69, 9.17) is 16.9 Å². The average Bonchev–Trinajstić information content (AvgIpc) is 2.64. The summed E-state index contributed by atoms with van der Waals surface area (Å²) >= 11 is 9.36. The number of rotatable bonds is 2. The molecule has 1 aromatic carbocycles. The smallest absolute Gasteiger partial charge is 0.0911 e. The van der Waals surface area contributed by atoms with Crippen molar-refractivity contribution in [2.75, 3.05) is 0 Å². The zero-order valence-electron chi connectivity index (χ0n) is 9.11. The molecule has 0 aliphatic heterocycles. The van der Waals surface area contributed by atoms with E-state index >= 15 is 0 Å². The van der Waals surface area contributed by atoms with E-state index in [-0.39, 0.29) is 6.42 Å². The summed E-state index contributed by atoms with van der Waals surface area (Å²) in [6.45, 7) is 1.99. The molecule has 1 heterocycles. The van der Waals surface area contributed by atoms with Crippen molar-refractivity contribution < 1.29 is 0 Å². The number of nitriles is 1. The lowest BCUT2D eigenvalue weighted by molar-refractivity contribution is 0.847. The predicted octanol–water partition coefficient (Wildman–Crippen LogP) is 3.66. The van der Waals surface area contributed by atoms with Crippen LogP contribution >= 0.6 is 27.5 Å². The fourth-order valence-electron chi connectivity index (χ4n) is 1.54. The standard InChI is InChI=1S/C12H9BrClN3/c1-8-2-3-9(14)6-12(8)17-7-10(13)11(16-17)4-5-15/h2-3,6-7H,4H2,1H3. The van der Waals surface area contributed by atoms with E-state index in [1.807, 2.05) is 31.3 Å². The second-order valence-corrected chi connectivity index (χ2v) is 4.92. The van der Waals surface area contributed by atoms with Gasteiger partial charge in [-0.3, -0.25) is 0 Å². The van der Waals surface area contributed by atoms with Gasteiger partial charge in [0, 0.05) is 11.2 Å². The summed E-state index contributed by atoms with van der Waals surface area (Å²) in [5.74, 6) is 0. The topological polar surface area (TPSA) is 41.6 Å². The fourth-order valence-corrected chi connectivity index (χ4v) is 2.12. The van der Waals surface area contributed by atoms with Crippen molar-refractivity contribution in [1.82, 2.24) is 9.78 Å². The number of benzene rings is 1. The molecule has 2 rings (SSSR count). The first-order valence-electron chi connectivity index (χ1n) is 4.99. The molecule has 0 N–H and O–H groups in total. The van der Waals surface area contributed by atoms with E-state index in [2.05, 4.69) is 27.1 Å². The first-order chi connectivity index (χ1) is 8.11. The van der Waals surface area contributed by atoms with E-state index in [9.17, 15) is 0 Å². The summed E-state index contributed by atoms with van der Waals surface area (Å²) in [4.78, 5) is 0. The molecular formula is C12H9BrClN3. The van der Waals surface area contributed by atoms with Crippen LogP contribution in [0.1, 0.15) is 11.3 Å². The predicted molar refractivity (Wildman–Crippen MR) is 70.3 cm³/mol. The molecule has 0 atom stereocenters. The first-order valence-corrected chi connectivity index (χ1v) is 6.16. The van der Waals surface area contributed by atoms with Crippen molar-refractivity contribution in [1.29, 1.82) is 5.26 Å². The largest absolute Gasteiger partial charge is 0.239 e. The van der Waals surface area contributed by atoms with Gasteiger partial charge in [-0.2, -0.15) is 10.4 Å². The molecule has 0 bridgehead atoms. The fraction of sp³-hybridized carbons (Fsp3) is 0.167. The van der Waals surface area contributed by atoms with Gasteiger partial charge in [0.2, 0.25) is 0 Å². The van der Waals surface area contributed by atoms with Crippen LogP contribution in [0.15, 0.2) is 28.9 Å². The number of aryl methyl sites for hydroxylation is 1. The first kappa shape index (κ1) is 12.2. The Morgan fingerprint density at radius 3 is 3.00 bits per heavy atom. The van der Waals surface area contributed by atoms with Gasteiger partial charge in [0.1, 0.15) is 0 Å². The molecule has 0 spiro atoms. The molecular weight excluding hydrogens is 302 g/mol. The third-order valence-corrected chi connectivity index (χ3v) is 3.30. The second-order valence-electron chi connectivity index (χ2n) is 3.63. The molecule has 0 radical (unpaired) electrons. The van der Waals surface area contributed by atoms with Gasteiger partial charge in [0.15, 0.2) is 0 Å². The van der Waals surface area contributed by atoms with E-state index in [0.29, 0.717) is 5.02 Å². The molecule has 0 unspecified atom stereocenters. The van der Waals surface area contributed by atoms with Crippen LogP contribution in [-0.2, 0) is 6.42 Å². The molecule has 0 aliphatic rings. The minimum Gasteiger partial charge on any atom is -0.239 e. The molecule has 3 nitrogen and oxygen atoms in total. The Balaban J connectivity index is 2.50. The normalized spacial score (nSPS) is 10.2. The monoisotopic (exact) mass is 309 g/mol. The van der Waals surface area contributed by atoms with Crippen molar-refractivity contribution in [3.8, 4) is 11.8 Å². The Kier molecular flexibility index (Phi) is 3.51. The molecule has 17 heavy (non-hydrogen) atoms. The van der Waals surface area contributed by atoms with Crippen molar-refractivity contribution in [2.24, 2.45) is 0 Å². The van der Waals surface area contributed by atoms with E-state index in [0.717, 1.165) is 21.4 Å². The van der Waals surface area contributed by atoms with Crippen LogP contribution in [0.4, 0.5) is 0 Å². The van der Waals surface area contributed by atoms with Crippen LogP contribution in [-0.4, -0.2) is 9.78 Å².